The van der Waals surface area contributed by atoms with Gasteiger partial charge in [0.25, 0.3) is 0 Å². The number of rotatable bonds is 6. The zero-order valence-corrected chi connectivity index (χ0v) is 14.2. The van der Waals surface area contributed by atoms with Crippen molar-refractivity contribution >= 4 is 5.91 Å². The highest BCUT2D eigenvalue weighted by molar-refractivity contribution is 5.78. The predicted octanol–water partition coefficient (Wildman–Crippen LogP) is 1.60. The van der Waals surface area contributed by atoms with Crippen LogP contribution in [0.4, 0.5) is 0 Å². The first-order chi connectivity index (χ1) is 10.5. The maximum absolute atomic E-state index is 12.0. The van der Waals surface area contributed by atoms with Gasteiger partial charge in [0.05, 0.1) is 6.42 Å². The van der Waals surface area contributed by atoms with Crippen molar-refractivity contribution in [3.63, 3.8) is 0 Å². The third kappa shape index (κ3) is 5.43. The quantitative estimate of drug-likeness (QED) is 0.811. The second kappa shape index (κ2) is 8.30. The molecule has 1 aliphatic rings. The van der Waals surface area contributed by atoms with E-state index in [1.54, 1.807) is 0 Å². The molecule has 122 valence electrons. The molecule has 0 radical (unpaired) electrons. The highest BCUT2D eigenvalue weighted by Crippen LogP contribution is 2.11. The third-order valence-electron chi connectivity index (χ3n) is 4.42. The van der Waals surface area contributed by atoms with Crippen molar-refractivity contribution < 1.29 is 4.79 Å². The molecular weight excluding hydrogens is 274 g/mol. The molecule has 2 rings (SSSR count). The van der Waals surface area contributed by atoms with Crippen LogP contribution < -0.4 is 5.32 Å². The van der Waals surface area contributed by atoms with E-state index in [2.05, 4.69) is 54.2 Å². The van der Waals surface area contributed by atoms with Gasteiger partial charge in [0.1, 0.15) is 0 Å². The molecule has 1 aromatic rings. The van der Waals surface area contributed by atoms with Crippen molar-refractivity contribution in [2.75, 3.05) is 46.3 Å². The number of likely N-dealkylation sites (N-methyl/N-ethyl adjacent to an activating group) is 1. The largest absolute Gasteiger partial charge is 0.356 e. The van der Waals surface area contributed by atoms with Gasteiger partial charge in [0, 0.05) is 32.7 Å². The van der Waals surface area contributed by atoms with E-state index < -0.39 is 0 Å². The normalized spacial score (nSPS) is 16.7. The summed E-state index contributed by atoms with van der Waals surface area (Å²) >= 11 is 0. The molecule has 1 amide bonds. The van der Waals surface area contributed by atoms with Crippen LogP contribution >= 0.6 is 0 Å². The van der Waals surface area contributed by atoms with E-state index in [4.69, 9.17) is 0 Å². The van der Waals surface area contributed by atoms with Crippen molar-refractivity contribution in [1.82, 2.24) is 15.1 Å². The Balaban J connectivity index is 1.64. The average molecular weight is 303 g/mol. The maximum atomic E-state index is 12.0. The van der Waals surface area contributed by atoms with Crippen LogP contribution in [0.2, 0.25) is 0 Å². The summed E-state index contributed by atoms with van der Waals surface area (Å²) < 4.78 is 0. The van der Waals surface area contributed by atoms with Gasteiger partial charge < -0.3 is 15.1 Å². The van der Waals surface area contributed by atoms with E-state index in [-0.39, 0.29) is 5.91 Å². The zero-order valence-electron chi connectivity index (χ0n) is 14.2. The van der Waals surface area contributed by atoms with E-state index in [1.165, 1.54) is 11.1 Å². The van der Waals surface area contributed by atoms with Crippen molar-refractivity contribution in [2.45, 2.75) is 26.7 Å². The molecule has 1 heterocycles. The van der Waals surface area contributed by atoms with Gasteiger partial charge in [-0.1, -0.05) is 23.8 Å². The summed E-state index contributed by atoms with van der Waals surface area (Å²) in [6.07, 6.45) is 1.52. The summed E-state index contributed by atoms with van der Waals surface area (Å²) in [6.45, 7) is 10.6. The Bertz CT molecular complexity index is 493. The van der Waals surface area contributed by atoms with Gasteiger partial charge >= 0.3 is 0 Å². The number of benzene rings is 1. The number of nitrogens with one attached hydrogen (secondary N) is 1. The number of nitrogens with zero attached hydrogens (tertiary/aromatic N) is 2. The molecule has 1 aliphatic heterocycles. The fourth-order valence-electron chi connectivity index (χ4n) is 2.83. The number of carbonyl (C=O) groups excluding carboxylic acids is 1. The molecule has 22 heavy (non-hydrogen) atoms. The lowest BCUT2D eigenvalue weighted by atomic mass is 10.0. The smallest absolute Gasteiger partial charge is 0.224 e. The number of carbonyl (C=O) groups is 1. The van der Waals surface area contributed by atoms with Crippen LogP contribution in [0, 0.1) is 13.8 Å². The fraction of sp³-hybridized carbons (Fsp3) is 0.611. The van der Waals surface area contributed by atoms with Crippen molar-refractivity contribution in [2.24, 2.45) is 0 Å². The lowest BCUT2D eigenvalue weighted by molar-refractivity contribution is -0.120. The van der Waals surface area contributed by atoms with Crippen LogP contribution in [0.3, 0.4) is 0 Å². The Labute approximate surface area is 134 Å². The predicted molar refractivity (Wildman–Crippen MR) is 91.2 cm³/mol. The summed E-state index contributed by atoms with van der Waals surface area (Å²) in [5.74, 6) is 0.132. The molecule has 1 aromatic carbocycles. The van der Waals surface area contributed by atoms with Crippen LogP contribution in [0.1, 0.15) is 23.1 Å². The van der Waals surface area contributed by atoms with E-state index in [9.17, 15) is 4.79 Å². The van der Waals surface area contributed by atoms with Crippen molar-refractivity contribution in [1.29, 1.82) is 0 Å². The van der Waals surface area contributed by atoms with E-state index in [1.807, 2.05) is 0 Å². The lowest BCUT2D eigenvalue weighted by Crippen LogP contribution is -2.45. The molecule has 1 saturated heterocycles. The van der Waals surface area contributed by atoms with Crippen molar-refractivity contribution in [3.05, 3.63) is 34.9 Å². The van der Waals surface area contributed by atoms with Crippen molar-refractivity contribution in [3.8, 4) is 0 Å². The highest BCUT2D eigenvalue weighted by atomic mass is 16.1. The van der Waals surface area contributed by atoms with Gasteiger partial charge in [-0.05, 0) is 45.0 Å². The SMILES string of the molecule is Cc1ccc(C)c(CC(=O)NCCCN2CCN(C)CC2)c1. The summed E-state index contributed by atoms with van der Waals surface area (Å²) in [6, 6.07) is 6.29. The lowest BCUT2D eigenvalue weighted by Gasteiger charge is -2.32. The fourth-order valence-corrected chi connectivity index (χ4v) is 2.83. The van der Waals surface area contributed by atoms with Gasteiger partial charge in [-0.3, -0.25) is 4.79 Å². The minimum Gasteiger partial charge on any atom is -0.356 e. The molecule has 0 saturated carbocycles. The number of hydrogen-bond donors (Lipinski definition) is 1. The van der Waals surface area contributed by atoms with Crippen LogP contribution in [0.5, 0.6) is 0 Å². The molecule has 0 bridgehead atoms. The summed E-state index contributed by atoms with van der Waals surface area (Å²) in [5, 5.41) is 3.05. The van der Waals surface area contributed by atoms with Gasteiger partial charge in [-0.2, -0.15) is 0 Å². The monoisotopic (exact) mass is 303 g/mol. The molecule has 0 atom stereocenters. The minimum atomic E-state index is 0.132. The molecule has 1 fully saturated rings. The molecule has 1 N–H and O–H groups in total. The van der Waals surface area contributed by atoms with Gasteiger partial charge in [-0.25, -0.2) is 0 Å². The third-order valence-corrected chi connectivity index (χ3v) is 4.42. The number of amides is 1. The van der Waals surface area contributed by atoms with Gasteiger partial charge in [-0.15, -0.1) is 0 Å². The standard InChI is InChI=1S/C18H29N3O/c1-15-5-6-16(2)17(13-15)14-18(22)19-7-4-8-21-11-9-20(3)10-12-21/h5-6,13H,4,7-12,14H2,1-3H3,(H,19,22). The Hall–Kier alpha value is -1.39. The number of piperazine rings is 1. The highest BCUT2D eigenvalue weighted by Gasteiger charge is 2.13. The van der Waals surface area contributed by atoms with Crippen LogP contribution in [0.25, 0.3) is 0 Å². The number of hydrogen-bond acceptors (Lipinski definition) is 3. The molecule has 0 aliphatic carbocycles. The number of aryl methyl sites for hydroxylation is 2. The molecule has 0 unspecified atom stereocenters. The molecule has 0 spiro atoms. The summed E-state index contributed by atoms with van der Waals surface area (Å²) in [7, 11) is 2.17. The first-order valence-electron chi connectivity index (χ1n) is 8.28. The molecule has 4 nitrogen and oxygen atoms in total. The summed E-state index contributed by atoms with van der Waals surface area (Å²) in [4.78, 5) is 16.9. The van der Waals surface area contributed by atoms with Gasteiger partial charge in [0.2, 0.25) is 5.91 Å². The van der Waals surface area contributed by atoms with Crippen LogP contribution in [0.15, 0.2) is 18.2 Å². The molecule has 4 heteroatoms. The average Bonchev–Trinajstić information content (AvgIpc) is 2.49. The van der Waals surface area contributed by atoms with E-state index >= 15 is 0 Å². The van der Waals surface area contributed by atoms with E-state index in [0.29, 0.717) is 6.42 Å². The zero-order chi connectivity index (χ0) is 15.9. The van der Waals surface area contributed by atoms with E-state index in [0.717, 1.165) is 51.3 Å². The Morgan fingerprint density at radius 3 is 2.64 bits per heavy atom. The summed E-state index contributed by atoms with van der Waals surface area (Å²) in [5.41, 5.74) is 3.54. The molecule has 0 aromatic heterocycles. The maximum Gasteiger partial charge on any atom is 0.224 e. The van der Waals surface area contributed by atoms with Crippen LogP contribution in [-0.4, -0.2) is 62.0 Å². The van der Waals surface area contributed by atoms with Gasteiger partial charge in [0.15, 0.2) is 0 Å². The Morgan fingerprint density at radius 2 is 1.91 bits per heavy atom. The second-order valence-corrected chi connectivity index (χ2v) is 6.46. The topological polar surface area (TPSA) is 35.6 Å². The Kier molecular flexibility index (Phi) is 6.40. The second-order valence-electron chi connectivity index (χ2n) is 6.46. The first kappa shape index (κ1) is 17.0. The minimum absolute atomic E-state index is 0.132. The Morgan fingerprint density at radius 1 is 1.18 bits per heavy atom. The first-order valence-corrected chi connectivity index (χ1v) is 8.28. The van der Waals surface area contributed by atoms with Crippen LogP contribution in [-0.2, 0) is 11.2 Å². The molecular formula is C18H29N3O.